The Hall–Kier alpha value is -3.63. The van der Waals surface area contributed by atoms with Crippen molar-refractivity contribution in [2.45, 2.75) is 25.2 Å². The fourth-order valence-electron chi connectivity index (χ4n) is 3.30. The summed E-state index contributed by atoms with van der Waals surface area (Å²) >= 11 is 0. The number of nitrogens with one attached hydrogen (secondary N) is 1. The largest absolute Gasteiger partial charge is 0.322 e. The van der Waals surface area contributed by atoms with Gasteiger partial charge in [-0.05, 0) is 53.6 Å². The van der Waals surface area contributed by atoms with Crippen LogP contribution in [0.5, 0.6) is 0 Å². The van der Waals surface area contributed by atoms with Crippen LogP contribution in [0.25, 0.3) is 10.9 Å². The lowest BCUT2D eigenvalue weighted by atomic mass is 9.76. The van der Waals surface area contributed by atoms with Crippen LogP contribution in [-0.2, 0) is 18.3 Å². The van der Waals surface area contributed by atoms with E-state index in [2.05, 4.69) is 23.7 Å². The number of hydrogen-bond donors (Lipinski definition) is 1. The lowest BCUT2D eigenvalue weighted by molar-refractivity contribution is 0.682. The molecule has 0 spiro atoms. The molecule has 3 aromatic rings. The van der Waals surface area contributed by atoms with E-state index in [0.717, 1.165) is 22.1 Å². The summed E-state index contributed by atoms with van der Waals surface area (Å²) in [7, 11) is 0. The molecule has 0 aliphatic heterocycles. The fourth-order valence-corrected chi connectivity index (χ4v) is 3.30. The minimum atomic E-state index is -0.956. The summed E-state index contributed by atoms with van der Waals surface area (Å²) in [4.78, 5) is 15.1. The monoisotopic (exact) mass is 353 g/mol. The maximum absolute atomic E-state index is 12.2. The third kappa shape index (κ3) is 3.38. The second-order valence-electron chi connectivity index (χ2n) is 6.56. The first-order valence-corrected chi connectivity index (χ1v) is 8.75. The van der Waals surface area contributed by atoms with E-state index in [1.165, 1.54) is 0 Å². The number of aryl methyl sites for hydroxylation is 1. The van der Waals surface area contributed by atoms with Crippen LogP contribution in [0.1, 0.15) is 29.2 Å². The molecule has 0 saturated heterocycles. The Bertz CT molecular complexity index is 1160. The van der Waals surface area contributed by atoms with Gasteiger partial charge in [0.1, 0.15) is 5.41 Å². The predicted octanol–water partition coefficient (Wildman–Crippen LogP) is 4.15. The number of aromatic amines is 1. The zero-order valence-corrected chi connectivity index (χ0v) is 15.1. The van der Waals surface area contributed by atoms with Gasteiger partial charge in [0.25, 0.3) is 5.56 Å². The number of fused-ring (bicyclic) bond motifs is 1. The summed E-state index contributed by atoms with van der Waals surface area (Å²) in [6.07, 6.45) is 2.69. The van der Waals surface area contributed by atoms with Gasteiger partial charge in [0, 0.05) is 11.1 Å². The highest BCUT2D eigenvalue weighted by Crippen LogP contribution is 2.31. The Morgan fingerprint density at radius 1 is 1.19 bits per heavy atom. The van der Waals surface area contributed by atoms with Crippen molar-refractivity contribution in [2.24, 2.45) is 0 Å². The van der Waals surface area contributed by atoms with Gasteiger partial charge in [-0.1, -0.05) is 37.3 Å². The van der Waals surface area contributed by atoms with Crippen LogP contribution in [0.3, 0.4) is 0 Å². The maximum Gasteiger partial charge on any atom is 0.251 e. The number of rotatable bonds is 5. The first-order chi connectivity index (χ1) is 13.0. The topological polar surface area (TPSA) is 80.4 Å². The van der Waals surface area contributed by atoms with E-state index in [9.17, 15) is 10.1 Å². The van der Waals surface area contributed by atoms with Crippen molar-refractivity contribution in [3.63, 3.8) is 0 Å². The number of nitrogens with zero attached hydrogens (tertiary/aromatic N) is 2. The van der Waals surface area contributed by atoms with E-state index in [0.29, 0.717) is 23.9 Å². The van der Waals surface area contributed by atoms with E-state index in [4.69, 9.17) is 5.26 Å². The van der Waals surface area contributed by atoms with Gasteiger partial charge in [0.05, 0.1) is 17.7 Å². The molecule has 1 atom stereocenters. The van der Waals surface area contributed by atoms with Crippen molar-refractivity contribution < 1.29 is 0 Å². The molecule has 0 bridgehead atoms. The SMILES string of the molecule is C=C[C@](C#N)(Cc1cccc(C#N)c1)c1ccc2cc(CC)c(=O)[nH]c2c1. The van der Waals surface area contributed by atoms with Gasteiger partial charge in [-0.3, -0.25) is 4.79 Å². The van der Waals surface area contributed by atoms with E-state index >= 15 is 0 Å². The van der Waals surface area contributed by atoms with Crippen LogP contribution < -0.4 is 5.56 Å². The van der Waals surface area contributed by atoms with Crippen LogP contribution in [-0.4, -0.2) is 4.98 Å². The molecule has 1 heterocycles. The molecule has 0 amide bonds. The Balaban J connectivity index is 2.11. The highest BCUT2D eigenvalue weighted by molar-refractivity contribution is 5.80. The van der Waals surface area contributed by atoms with E-state index < -0.39 is 5.41 Å². The third-order valence-corrected chi connectivity index (χ3v) is 4.91. The van der Waals surface area contributed by atoms with Crippen LogP contribution in [0, 0.1) is 22.7 Å². The highest BCUT2D eigenvalue weighted by Gasteiger charge is 2.29. The minimum Gasteiger partial charge on any atom is -0.322 e. The van der Waals surface area contributed by atoms with Crippen molar-refractivity contribution >= 4 is 10.9 Å². The summed E-state index contributed by atoms with van der Waals surface area (Å²) in [5, 5.41) is 20.0. The lowest BCUT2D eigenvalue weighted by Gasteiger charge is -2.24. The van der Waals surface area contributed by atoms with Crippen LogP contribution in [0.4, 0.5) is 0 Å². The van der Waals surface area contributed by atoms with Crippen molar-refractivity contribution in [3.8, 4) is 12.1 Å². The number of H-pyrrole nitrogens is 1. The van der Waals surface area contributed by atoms with E-state index in [-0.39, 0.29) is 5.56 Å². The normalized spacial score (nSPS) is 12.7. The van der Waals surface area contributed by atoms with Crippen LogP contribution in [0.2, 0.25) is 0 Å². The van der Waals surface area contributed by atoms with Crippen LogP contribution in [0.15, 0.2) is 66.0 Å². The molecule has 1 N–H and O–H groups in total. The lowest BCUT2D eigenvalue weighted by Crippen LogP contribution is -2.24. The Kier molecular flexibility index (Phi) is 4.92. The number of allylic oxidation sites excluding steroid dienone is 1. The summed E-state index contributed by atoms with van der Waals surface area (Å²) in [5.41, 5.74) is 2.56. The summed E-state index contributed by atoms with van der Waals surface area (Å²) in [6.45, 7) is 5.83. The van der Waals surface area contributed by atoms with Gasteiger partial charge >= 0.3 is 0 Å². The zero-order chi connectivity index (χ0) is 19.4. The first kappa shape index (κ1) is 18.2. The molecule has 3 rings (SSSR count). The molecule has 0 fully saturated rings. The number of aromatic nitrogens is 1. The molecule has 0 saturated carbocycles. The number of hydrogen-bond acceptors (Lipinski definition) is 3. The standard InChI is InChI=1S/C23H19N3O/c1-3-18-11-19-8-9-20(12-21(19)26-22(18)27)23(4-2,15-25)13-16-6-5-7-17(10-16)14-24/h4-12H,2-3,13H2,1H3,(H,26,27)/t23-/m1/s1. The third-order valence-electron chi connectivity index (χ3n) is 4.91. The quantitative estimate of drug-likeness (QED) is 0.700. The molecular formula is C23H19N3O. The molecule has 4 heteroatoms. The summed E-state index contributed by atoms with van der Waals surface area (Å²) < 4.78 is 0. The molecule has 2 aromatic carbocycles. The van der Waals surface area contributed by atoms with Crippen molar-refractivity contribution in [1.29, 1.82) is 10.5 Å². The molecule has 0 radical (unpaired) electrons. The number of pyridine rings is 1. The van der Waals surface area contributed by atoms with Crippen LogP contribution >= 0.6 is 0 Å². The van der Waals surface area contributed by atoms with E-state index in [1.807, 2.05) is 43.3 Å². The molecule has 1 aromatic heterocycles. The van der Waals surface area contributed by atoms with Gasteiger partial charge in [-0.15, -0.1) is 6.58 Å². The van der Waals surface area contributed by atoms with Gasteiger partial charge in [0.2, 0.25) is 0 Å². The van der Waals surface area contributed by atoms with Crippen molar-refractivity contribution in [2.75, 3.05) is 0 Å². The second kappa shape index (κ2) is 7.32. The average molecular weight is 353 g/mol. The number of benzene rings is 2. The Morgan fingerprint density at radius 3 is 2.67 bits per heavy atom. The highest BCUT2D eigenvalue weighted by atomic mass is 16.1. The molecule has 27 heavy (non-hydrogen) atoms. The molecular weight excluding hydrogens is 334 g/mol. The number of nitriles is 2. The molecule has 132 valence electrons. The van der Waals surface area contributed by atoms with Crippen molar-refractivity contribution in [1.82, 2.24) is 4.98 Å². The minimum absolute atomic E-state index is 0.106. The first-order valence-electron chi connectivity index (χ1n) is 8.75. The Labute approximate surface area is 158 Å². The average Bonchev–Trinajstić information content (AvgIpc) is 2.71. The molecule has 0 unspecified atom stereocenters. The molecule has 0 aliphatic carbocycles. The molecule has 0 aliphatic rings. The van der Waals surface area contributed by atoms with E-state index in [1.54, 1.807) is 18.2 Å². The smallest absolute Gasteiger partial charge is 0.251 e. The fraction of sp³-hybridized carbons (Fsp3) is 0.174. The van der Waals surface area contributed by atoms with Crippen molar-refractivity contribution in [3.05, 3.63) is 93.8 Å². The van der Waals surface area contributed by atoms with Gasteiger partial charge in [0.15, 0.2) is 0 Å². The second-order valence-corrected chi connectivity index (χ2v) is 6.56. The summed E-state index contributed by atoms with van der Waals surface area (Å²) in [5.74, 6) is 0. The Morgan fingerprint density at radius 2 is 2.00 bits per heavy atom. The van der Waals surface area contributed by atoms with Gasteiger partial charge in [-0.25, -0.2) is 0 Å². The van der Waals surface area contributed by atoms with Gasteiger partial charge < -0.3 is 4.98 Å². The molecule has 4 nitrogen and oxygen atoms in total. The summed E-state index contributed by atoms with van der Waals surface area (Å²) in [6, 6.07) is 19.3. The zero-order valence-electron chi connectivity index (χ0n) is 15.1. The predicted molar refractivity (Wildman–Crippen MR) is 106 cm³/mol. The van der Waals surface area contributed by atoms with Gasteiger partial charge in [-0.2, -0.15) is 10.5 Å². The maximum atomic E-state index is 12.2.